The van der Waals surface area contributed by atoms with Crippen LogP contribution in [0.5, 0.6) is 11.6 Å². The monoisotopic (exact) mass is 218 g/mol. The van der Waals surface area contributed by atoms with Crippen molar-refractivity contribution < 1.29 is 13.9 Å². The van der Waals surface area contributed by atoms with Gasteiger partial charge in [-0.25, -0.2) is 14.4 Å². The summed E-state index contributed by atoms with van der Waals surface area (Å²) in [6.07, 6.45) is 3.22. The van der Waals surface area contributed by atoms with Crippen LogP contribution >= 0.6 is 0 Å². The summed E-state index contributed by atoms with van der Waals surface area (Å²) in [7, 11) is 0. The van der Waals surface area contributed by atoms with Crippen LogP contribution in [-0.2, 0) is 0 Å². The fraction of sp³-hybridized carbons (Fsp3) is 0. The number of hydrogen-bond acceptors (Lipinski definition) is 4. The lowest BCUT2D eigenvalue weighted by Crippen LogP contribution is -1.92. The van der Waals surface area contributed by atoms with Crippen molar-refractivity contribution in [1.82, 2.24) is 9.97 Å². The Bertz CT molecular complexity index is 482. The van der Waals surface area contributed by atoms with E-state index in [1.807, 2.05) is 0 Å². The third kappa shape index (κ3) is 2.38. The van der Waals surface area contributed by atoms with Crippen LogP contribution in [0.15, 0.2) is 36.7 Å². The van der Waals surface area contributed by atoms with Gasteiger partial charge in [0, 0.05) is 0 Å². The second-order valence-corrected chi connectivity index (χ2v) is 2.95. The molecule has 0 saturated carbocycles. The molecule has 0 fully saturated rings. The number of nitrogens with zero attached hydrogens (tertiary/aromatic N) is 2. The van der Waals surface area contributed by atoms with Gasteiger partial charge >= 0.3 is 0 Å². The van der Waals surface area contributed by atoms with E-state index in [9.17, 15) is 9.18 Å². The van der Waals surface area contributed by atoms with Gasteiger partial charge in [-0.05, 0) is 24.3 Å². The highest BCUT2D eigenvalue weighted by Crippen LogP contribution is 2.18. The molecular weight excluding hydrogens is 211 g/mol. The maximum Gasteiger partial charge on any atom is 0.237 e. The lowest BCUT2D eigenvalue weighted by molar-refractivity contribution is 0.111. The molecule has 0 N–H and O–H groups in total. The van der Waals surface area contributed by atoms with Gasteiger partial charge in [0.25, 0.3) is 0 Å². The molecule has 4 nitrogen and oxygen atoms in total. The average Bonchev–Trinajstić information content (AvgIpc) is 2.33. The number of carbonyl (C=O) groups excluding carboxylic acids is 1. The van der Waals surface area contributed by atoms with Crippen LogP contribution in [0.4, 0.5) is 4.39 Å². The SMILES string of the molecule is O=Cc1cnc(Oc2ccc(F)cc2)cn1. The summed E-state index contributed by atoms with van der Waals surface area (Å²) in [5.74, 6) is 0.362. The molecule has 2 aromatic rings. The van der Waals surface area contributed by atoms with Crippen molar-refractivity contribution in [3.05, 3.63) is 48.2 Å². The summed E-state index contributed by atoms with van der Waals surface area (Å²) in [5, 5.41) is 0. The van der Waals surface area contributed by atoms with Gasteiger partial charge < -0.3 is 4.74 Å². The third-order valence-electron chi connectivity index (χ3n) is 1.80. The molecule has 0 bridgehead atoms. The van der Waals surface area contributed by atoms with Crippen molar-refractivity contribution in [2.75, 3.05) is 0 Å². The normalized spacial score (nSPS) is 9.81. The van der Waals surface area contributed by atoms with E-state index < -0.39 is 0 Å². The summed E-state index contributed by atoms with van der Waals surface area (Å²) in [6, 6.07) is 5.51. The third-order valence-corrected chi connectivity index (χ3v) is 1.80. The largest absolute Gasteiger partial charge is 0.438 e. The predicted molar refractivity (Wildman–Crippen MR) is 53.9 cm³/mol. The molecule has 0 atom stereocenters. The van der Waals surface area contributed by atoms with Crippen molar-refractivity contribution >= 4 is 6.29 Å². The van der Waals surface area contributed by atoms with Gasteiger partial charge in [-0.2, -0.15) is 0 Å². The number of halogens is 1. The molecule has 0 unspecified atom stereocenters. The van der Waals surface area contributed by atoms with Crippen molar-refractivity contribution in [2.45, 2.75) is 0 Å². The van der Waals surface area contributed by atoms with Gasteiger partial charge in [0.15, 0.2) is 6.29 Å². The minimum Gasteiger partial charge on any atom is -0.438 e. The summed E-state index contributed by atoms with van der Waals surface area (Å²) < 4.78 is 17.9. The van der Waals surface area contributed by atoms with Crippen molar-refractivity contribution in [2.24, 2.45) is 0 Å². The molecule has 1 aromatic carbocycles. The Morgan fingerprint density at radius 2 is 1.88 bits per heavy atom. The Hall–Kier alpha value is -2.30. The zero-order valence-corrected chi connectivity index (χ0v) is 8.13. The maximum atomic E-state index is 12.6. The van der Waals surface area contributed by atoms with Crippen LogP contribution < -0.4 is 4.74 Å². The predicted octanol–water partition coefficient (Wildman–Crippen LogP) is 2.22. The van der Waals surface area contributed by atoms with Crippen LogP contribution in [0.25, 0.3) is 0 Å². The molecule has 0 aliphatic carbocycles. The smallest absolute Gasteiger partial charge is 0.237 e. The Balaban J connectivity index is 2.14. The van der Waals surface area contributed by atoms with E-state index in [1.165, 1.54) is 36.7 Å². The summed E-state index contributed by atoms with van der Waals surface area (Å²) in [4.78, 5) is 18.0. The number of carbonyl (C=O) groups is 1. The summed E-state index contributed by atoms with van der Waals surface area (Å²) >= 11 is 0. The van der Waals surface area contributed by atoms with Crippen molar-refractivity contribution in [1.29, 1.82) is 0 Å². The molecule has 0 aliphatic heterocycles. The van der Waals surface area contributed by atoms with Crippen molar-refractivity contribution in [3.8, 4) is 11.6 Å². The molecule has 0 saturated heterocycles. The minimum absolute atomic E-state index is 0.228. The summed E-state index contributed by atoms with van der Waals surface area (Å²) in [6.45, 7) is 0. The van der Waals surface area contributed by atoms with Gasteiger partial charge in [0.1, 0.15) is 17.3 Å². The molecule has 16 heavy (non-hydrogen) atoms. The lowest BCUT2D eigenvalue weighted by atomic mass is 10.3. The molecule has 2 rings (SSSR count). The van der Waals surface area contributed by atoms with Gasteiger partial charge in [0.05, 0.1) is 12.4 Å². The minimum atomic E-state index is -0.338. The van der Waals surface area contributed by atoms with Crippen molar-refractivity contribution in [3.63, 3.8) is 0 Å². The van der Waals surface area contributed by atoms with Gasteiger partial charge in [-0.1, -0.05) is 0 Å². The van der Waals surface area contributed by atoms with Gasteiger partial charge in [0.2, 0.25) is 5.88 Å². The number of aromatic nitrogens is 2. The Labute approximate surface area is 90.7 Å². The molecule has 80 valence electrons. The van der Waals surface area contributed by atoms with Gasteiger partial charge in [-0.15, -0.1) is 0 Å². The average molecular weight is 218 g/mol. The first-order chi connectivity index (χ1) is 7.78. The number of benzene rings is 1. The standard InChI is InChI=1S/C11H7FN2O2/c12-8-1-3-10(4-2-8)16-11-6-13-9(7-15)5-14-11/h1-7H. The van der Waals surface area contributed by atoms with E-state index >= 15 is 0 Å². The van der Waals surface area contributed by atoms with Crippen LogP contribution in [0, 0.1) is 5.82 Å². The highest BCUT2D eigenvalue weighted by Gasteiger charge is 2.00. The first kappa shape index (κ1) is 10.2. The molecule has 5 heteroatoms. The fourth-order valence-corrected chi connectivity index (χ4v) is 1.06. The van der Waals surface area contributed by atoms with Crippen LogP contribution in [0.3, 0.4) is 0 Å². The second kappa shape index (κ2) is 4.48. The lowest BCUT2D eigenvalue weighted by Gasteiger charge is -2.03. The Morgan fingerprint density at radius 3 is 2.44 bits per heavy atom. The number of rotatable bonds is 3. The van der Waals surface area contributed by atoms with E-state index in [-0.39, 0.29) is 17.4 Å². The first-order valence-electron chi connectivity index (χ1n) is 4.48. The second-order valence-electron chi connectivity index (χ2n) is 2.95. The van der Waals surface area contributed by atoms with Gasteiger partial charge in [-0.3, -0.25) is 4.79 Å². The highest BCUT2D eigenvalue weighted by molar-refractivity contribution is 5.70. The van der Waals surface area contributed by atoms with Crippen LogP contribution in [0.1, 0.15) is 10.5 Å². The molecule has 0 spiro atoms. The van der Waals surface area contributed by atoms with E-state index in [4.69, 9.17) is 4.74 Å². The van der Waals surface area contributed by atoms with E-state index in [2.05, 4.69) is 9.97 Å². The molecule has 0 amide bonds. The number of hydrogen-bond donors (Lipinski definition) is 0. The Kier molecular flexibility index (Phi) is 2.86. The topological polar surface area (TPSA) is 52.1 Å². The zero-order valence-electron chi connectivity index (χ0n) is 8.13. The number of aldehydes is 1. The molecule has 1 aromatic heterocycles. The fourth-order valence-electron chi connectivity index (χ4n) is 1.06. The highest BCUT2D eigenvalue weighted by atomic mass is 19.1. The first-order valence-corrected chi connectivity index (χ1v) is 4.48. The van der Waals surface area contributed by atoms with Crippen LogP contribution in [-0.4, -0.2) is 16.3 Å². The molecular formula is C11H7FN2O2. The zero-order chi connectivity index (χ0) is 11.4. The van der Waals surface area contributed by atoms with Crippen LogP contribution in [0.2, 0.25) is 0 Å². The Morgan fingerprint density at radius 1 is 1.12 bits per heavy atom. The molecule has 0 radical (unpaired) electrons. The maximum absolute atomic E-state index is 12.6. The summed E-state index contributed by atoms with van der Waals surface area (Å²) in [5.41, 5.74) is 0.228. The molecule has 0 aliphatic rings. The number of ether oxygens (including phenoxy) is 1. The van der Waals surface area contributed by atoms with E-state index in [1.54, 1.807) is 0 Å². The van der Waals surface area contributed by atoms with E-state index in [0.29, 0.717) is 12.0 Å². The van der Waals surface area contributed by atoms with E-state index in [0.717, 1.165) is 0 Å². The molecule has 1 heterocycles. The quantitative estimate of drug-likeness (QED) is 0.741.